The van der Waals surface area contributed by atoms with Crippen molar-refractivity contribution in [1.82, 2.24) is 9.88 Å². The van der Waals surface area contributed by atoms with Gasteiger partial charge in [0.15, 0.2) is 5.60 Å². The summed E-state index contributed by atoms with van der Waals surface area (Å²) in [6.07, 6.45) is -2.17. The Labute approximate surface area is 126 Å². The summed E-state index contributed by atoms with van der Waals surface area (Å²) in [6, 6.07) is 11.5. The number of carbonyl (C=O) groups excluding carboxylic acids is 1. The standard InChI is InChI=1S/C16H16F2N2O2/c17-15(18)16(22)9-20(10-16)14(21)8-7-12-6-5-11-3-1-2-4-13(11)19-12/h1-6,15,22H,7-10H2. The van der Waals surface area contributed by atoms with E-state index in [0.29, 0.717) is 6.42 Å². The number of hydrogen-bond donors (Lipinski definition) is 1. The highest BCUT2D eigenvalue weighted by Gasteiger charge is 2.50. The minimum absolute atomic E-state index is 0.199. The summed E-state index contributed by atoms with van der Waals surface area (Å²) in [5.41, 5.74) is -0.378. The fourth-order valence-corrected chi connectivity index (χ4v) is 2.57. The maximum atomic E-state index is 12.5. The molecule has 1 aromatic heterocycles. The number of halogens is 2. The van der Waals surface area contributed by atoms with E-state index >= 15 is 0 Å². The molecule has 0 unspecified atom stereocenters. The number of alkyl halides is 2. The molecule has 116 valence electrons. The number of aromatic nitrogens is 1. The summed E-state index contributed by atoms with van der Waals surface area (Å²) in [6.45, 7) is -0.594. The Hall–Kier alpha value is -2.08. The van der Waals surface area contributed by atoms with Crippen LogP contribution in [-0.4, -0.2) is 46.0 Å². The molecular weight excluding hydrogens is 290 g/mol. The zero-order valence-electron chi connectivity index (χ0n) is 11.9. The number of hydrogen-bond acceptors (Lipinski definition) is 3. The van der Waals surface area contributed by atoms with Gasteiger partial charge < -0.3 is 10.0 Å². The van der Waals surface area contributed by atoms with Gasteiger partial charge in [0.1, 0.15) is 0 Å². The van der Waals surface area contributed by atoms with Gasteiger partial charge in [0, 0.05) is 17.5 Å². The summed E-state index contributed by atoms with van der Waals surface area (Å²) in [5, 5.41) is 10.5. The predicted molar refractivity (Wildman–Crippen MR) is 77.6 cm³/mol. The van der Waals surface area contributed by atoms with E-state index in [0.717, 1.165) is 16.6 Å². The molecule has 0 atom stereocenters. The number of pyridine rings is 1. The van der Waals surface area contributed by atoms with Crippen molar-refractivity contribution in [2.45, 2.75) is 24.9 Å². The Kier molecular flexibility index (Phi) is 3.78. The third-order valence-electron chi connectivity index (χ3n) is 3.94. The van der Waals surface area contributed by atoms with Crippen molar-refractivity contribution in [3.8, 4) is 0 Å². The number of aryl methyl sites for hydroxylation is 1. The number of rotatable bonds is 4. The van der Waals surface area contributed by atoms with Crippen LogP contribution in [-0.2, 0) is 11.2 Å². The molecule has 1 aliphatic heterocycles. The average molecular weight is 306 g/mol. The molecule has 0 radical (unpaired) electrons. The SMILES string of the molecule is O=C(CCc1ccc2ccccc2n1)N1CC(O)(C(F)F)C1. The van der Waals surface area contributed by atoms with Gasteiger partial charge in [0.2, 0.25) is 5.91 Å². The number of amides is 1. The minimum Gasteiger partial charge on any atom is -0.380 e. The molecule has 22 heavy (non-hydrogen) atoms. The van der Waals surface area contributed by atoms with E-state index in [-0.39, 0.29) is 25.4 Å². The molecule has 4 nitrogen and oxygen atoms in total. The molecule has 3 rings (SSSR count). The highest BCUT2D eigenvalue weighted by molar-refractivity contribution is 5.79. The minimum atomic E-state index is -2.82. The lowest BCUT2D eigenvalue weighted by molar-refractivity contribution is -0.188. The van der Waals surface area contributed by atoms with Gasteiger partial charge in [0.05, 0.1) is 18.6 Å². The van der Waals surface area contributed by atoms with Crippen molar-refractivity contribution in [2.24, 2.45) is 0 Å². The van der Waals surface area contributed by atoms with Gasteiger partial charge in [-0.2, -0.15) is 0 Å². The summed E-state index contributed by atoms with van der Waals surface area (Å²) in [5.74, 6) is -0.236. The van der Waals surface area contributed by atoms with Gasteiger partial charge in [0.25, 0.3) is 6.43 Å². The summed E-state index contributed by atoms with van der Waals surface area (Å²) in [4.78, 5) is 17.6. The molecule has 1 aromatic carbocycles. The van der Waals surface area contributed by atoms with Crippen molar-refractivity contribution in [2.75, 3.05) is 13.1 Å². The second-order valence-electron chi connectivity index (χ2n) is 5.65. The fourth-order valence-electron chi connectivity index (χ4n) is 2.57. The maximum Gasteiger partial charge on any atom is 0.270 e. The molecule has 0 aliphatic carbocycles. The number of likely N-dealkylation sites (tertiary alicyclic amines) is 1. The summed E-state index contributed by atoms with van der Waals surface area (Å²) in [7, 11) is 0. The van der Waals surface area contributed by atoms with Crippen molar-refractivity contribution >= 4 is 16.8 Å². The van der Waals surface area contributed by atoms with Crippen molar-refractivity contribution < 1.29 is 18.7 Å². The Morgan fingerprint density at radius 1 is 1.27 bits per heavy atom. The fraction of sp³-hybridized carbons (Fsp3) is 0.375. The lowest BCUT2D eigenvalue weighted by Crippen LogP contribution is -2.67. The number of nitrogens with zero attached hydrogens (tertiary/aromatic N) is 2. The number of carbonyl (C=O) groups is 1. The number of aliphatic hydroxyl groups is 1. The molecule has 0 spiro atoms. The van der Waals surface area contributed by atoms with Crippen LogP contribution in [0.4, 0.5) is 8.78 Å². The van der Waals surface area contributed by atoms with Crippen molar-refractivity contribution in [3.63, 3.8) is 0 Å². The number of benzene rings is 1. The molecule has 2 aromatic rings. The molecular formula is C16H16F2N2O2. The molecule has 0 bridgehead atoms. The Balaban J connectivity index is 1.57. The summed E-state index contributed by atoms with van der Waals surface area (Å²) >= 11 is 0. The van der Waals surface area contributed by atoms with Gasteiger partial charge in [-0.3, -0.25) is 9.78 Å². The lowest BCUT2D eigenvalue weighted by Gasteiger charge is -2.45. The van der Waals surface area contributed by atoms with Crippen LogP contribution in [0.15, 0.2) is 36.4 Å². The first-order chi connectivity index (χ1) is 10.5. The van der Waals surface area contributed by atoms with Crippen LogP contribution in [0.5, 0.6) is 0 Å². The zero-order chi connectivity index (χ0) is 15.7. The van der Waals surface area contributed by atoms with Crippen LogP contribution >= 0.6 is 0 Å². The highest BCUT2D eigenvalue weighted by atomic mass is 19.3. The molecule has 1 aliphatic rings. The Morgan fingerprint density at radius 3 is 2.73 bits per heavy atom. The van der Waals surface area contributed by atoms with Crippen LogP contribution in [0.2, 0.25) is 0 Å². The monoisotopic (exact) mass is 306 g/mol. The maximum absolute atomic E-state index is 12.5. The smallest absolute Gasteiger partial charge is 0.270 e. The normalized spacial score (nSPS) is 16.8. The van der Waals surface area contributed by atoms with Crippen LogP contribution in [0, 0.1) is 0 Å². The van der Waals surface area contributed by atoms with Gasteiger partial charge >= 0.3 is 0 Å². The van der Waals surface area contributed by atoms with E-state index in [4.69, 9.17) is 0 Å². The third-order valence-corrected chi connectivity index (χ3v) is 3.94. The molecule has 1 amide bonds. The molecule has 1 N–H and O–H groups in total. The third kappa shape index (κ3) is 2.78. The molecule has 1 saturated heterocycles. The van der Waals surface area contributed by atoms with Gasteiger partial charge in [-0.25, -0.2) is 8.78 Å². The van der Waals surface area contributed by atoms with Crippen LogP contribution in [0.1, 0.15) is 12.1 Å². The molecule has 6 heteroatoms. The number of fused-ring (bicyclic) bond motifs is 1. The highest BCUT2D eigenvalue weighted by Crippen LogP contribution is 2.28. The number of β-amino-alcohol motifs (C(OH)–C–C–N with tert-alkyl or cyclic N) is 1. The quantitative estimate of drug-likeness (QED) is 0.940. The van der Waals surface area contributed by atoms with E-state index in [1.807, 2.05) is 36.4 Å². The first-order valence-electron chi connectivity index (χ1n) is 7.11. The zero-order valence-corrected chi connectivity index (χ0v) is 11.9. The predicted octanol–water partition coefficient (Wildman–Crippen LogP) is 2.01. The van der Waals surface area contributed by atoms with Crippen molar-refractivity contribution in [1.29, 1.82) is 0 Å². The molecule has 2 heterocycles. The number of para-hydroxylation sites is 1. The van der Waals surface area contributed by atoms with E-state index in [2.05, 4.69) is 4.98 Å². The van der Waals surface area contributed by atoms with E-state index in [1.165, 1.54) is 4.90 Å². The van der Waals surface area contributed by atoms with E-state index in [1.54, 1.807) is 0 Å². The summed E-state index contributed by atoms with van der Waals surface area (Å²) < 4.78 is 25.0. The van der Waals surface area contributed by atoms with Crippen molar-refractivity contribution in [3.05, 3.63) is 42.1 Å². The van der Waals surface area contributed by atoms with Gasteiger partial charge in [-0.05, 0) is 18.6 Å². The van der Waals surface area contributed by atoms with Crippen LogP contribution < -0.4 is 0 Å². The van der Waals surface area contributed by atoms with E-state index in [9.17, 15) is 18.7 Å². The first kappa shape index (κ1) is 14.8. The average Bonchev–Trinajstić information content (AvgIpc) is 2.49. The largest absolute Gasteiger partial charge is 0.380 e. The Bertz CT molecular complexity index is 699. The van der Waals surface area contributed by atoms with Crippen LogP contribution in [0.25, 0.3) is 10.9 Å². The molecule has 1 fully saturated rings. The lowest BCUT2D eigenvalue weighted by atomic mass is 9.94. The second kappa shape index (κ2) is 5.61. The topological polar surface area (TPSA) is 53.4 Å². The van der Waals surface area contributed by atoms with E-state index < -0.39 is 12.0 Å². The molecule has 0 saturated carbocycles. The van der Waals surface area contributed by atoms with Crippen LogP contribution in [0.3, 0.4) is 0 Å². The van der Waals surface area contributed by atoms with Gasteiger partial charge in [-0.1, -0.05) is 24.3 Å². The first-order valence-corrected chi connectivity index (χ1v) is 7.11. The van der Waals surface area contributed by atoms with Gasteiger partial charge in [-0.15, -0.1) is 0 Å². The second-order valence-corrected chi connectivity index (χ2v) is 5.65. The Morgan fingerprint density at radius 2 is 2.00 bits per heavy atom.